The standard InChI is InChI=1S/C15H12F3N3S/c16-15(17,18)12-7-4-8-13(9-12)20-14(22)21-19-10-11-5-2-1-3-6-11/h1-10H,(H2,20,21,22). The van der Waals surface area contributed by atoms with Crippen molar-refractivity contribution in [3.8, 4) is 0 Å². The number of hydrogen-bond donors (Lipinski definition) is 2. The Morgan fingerprint density at radius 2 is 1.77 bits per heavy atom. The second-order valence-electron chi connectivity index (χ2n) is 4.31. The number of halogens is 3. The Kier molecular flexibility index (Phi) is 5.11. The van der Waals surface area contributed by atoms with Gasteiger partial charge < -0.3 is 5.32 Å². The molecule has 0 heterocycles. The third kappa shape index (κ3) is 4.85. The van der Waals surface area contributed by atoms with Gasteiger partial charge in [0.1, 0.15) is 0 Å². The Labute approximate surface area is 130 Å². The lowest BCUT2D eigenvalue weighted by Crippen LogP contribution is -2.24. The van der Waals surface area contributed by atoms with Gasteiger partial charge in [0.15, 0.2) is 5.11 Å². The summed E-state index contributed by atoms with van der Waals surface area (Å²) in [5.74, 6) is 0. The molecule has 0 bridgehead atoms. The molecule has 0 aliphatic heterocycles. The van der Waals surface area contributed by atoms with Crippen molar-refractivity contribution in [3.63, 3.8) is 0 Å². The van der Waals surface area contributed by atoms with Gasteiger partial charge in [-0.1, -0.05) is 36.4 Å². The molecule has 2 rings (SSSR count). The van der Waals surface area contributed by atoms with Crippen LogP contribution in [0.5, 0.6) is 0 Å². The van der Waals surface area contributed by atoms with E-state index in [2.05, 4.69) is 15.8 Å². The van der Waals surface area contributed by atoms with E-state index in [4.69, 9.17) is 12.2 Å². The molecule has 0 saturated heterocycles. The molecular weight excluding hydrogens is 311 g/mol. The van der Waals surface area contributed by atoms with E-state index in [0.717, 1.165) is 17.7 Å². The third-order valence-electron chi connectivity index (χ3n) is 2.63. The molecule has 0 aliphatic rings. The van der Waals surface area contributed by atoms with Gasteiger partial charge in [-0.2, -0.15) is 18.3 Å². The van der Waals surface area contributed by atoms with Crippen LogP contribution in [0.25, 0.3) is 0 Å². The van der Waals surface area contributed by atoms with E-state index >= 15 is 0 Å². The van der Waals surface area contributed by atoms with E-state index in [0.29, 0.717) is 0 Å². The first-order valence-electron chi connectivity index (χ1n) is 6.27. The van der Waals surface area contributed by atoms with Crippen LogP contribution >= 0.6 is 12.2 Å². The van der Waals surface area contributed by atoms with Crippen molar-refractivity contribution in [3.05, 3.63) is 65.7 Å². The van der Waals surface area contributed by atoms with E-state index < -0.39 is 11.7 Å². The predicted octanol–water partition coefficient (Wildman–Crippen LogP) is 4.03. The minimum Gasteiger partial charge on any atom is -0.331 e. The van der Waals surface area contributed by atoms with Crippen molar-refractivity contribution in [1.29, 1.82) is 0 Å². The van der Waals surface area contributed by atoms with E-state index in [1.807, 2.05) is 30.3 Å². The third-order valence-corrected chi connectivity index (χ3v) is 2.82. The van der Waals surface area contributed by atoms with E-state index in [1.165, 1.54) is 12.1 Å². The first-order chi connectivity index (χ1) is 10.4. The van der Waals surface area contributed by atoms with Crippen LogP contribution in [-0.2, 0) is 6.18 Å². The quantitative estimate of drug-likeness (QED) is 0.509. The van der Waals surface area contributed by atoms with E-state index in [1.54, 1.807) is 6.21 Å². The number of anilines is 1. The van der Waals surface area contributed by atoms with Crippen molar-refractivity contribution in [2.75, 3.05) is 5.32 Å². The lowest BCUT2D eigenvalue weighted by Gasteiger charge is -2.10. The van der Waals surface area contributed by atoms with Gasteiger partial charge in [0.05, 0.1) is 11.8 Å². The highest BCUT2D eigenvalue weighted by Crippen LogP contribution is 2.30. The van der Waals surface area contributed by atoms with Crippen LogP contribution < -0.4 is 10.7 Å². The minimum absolute atomic E-state index is 0.103. The molecule has 0 atom stereocenters. The molecule has 2 aromatic rings. The van der Waals surface area contributed by atoms with E-state index in [9.17, 15) is 13.2 Å². The molecule has 0 fully saturated rings. The monoisotopic (exact) mass is 323 g/mol. The zero-order valence-corrected chi connectivity index (χ0v) is 12.1. The topological polar surface area (TPSA) is 36.4 Å². The summed E-state index contributed by atoms with van der Waals surface area (Å²) in [7, 11) is 0. The van der Waals surface area contributed by atoms with Crippen molar-refractivity contribution in [2.24, 2.45) is 5.10 Å². The largest absolute Gasteiger partial charge is 0.416 e. The van der Waals surface area contributed by atoms with Crippen LogP contribution in [0, 0.1) is 0 Å². The molecule has 0 radical (unpaired) electrons. The zero-order chi connectivity index (χ0) is 16.0. The van der Waals surface area contributed by atoms with Crippen LogP contribution in [0.4, 0.5) is 18.9 Å². The van der Waals surface area contributed by atoms with Gasteiger partial charge in [0.25, 0.3) is 0 Å². The molecule has 0 unspecified atom stereocenters. The fourth-order valence-corrected chi connectivity index (χ4v) is 1.81. The molecule has 2 N–H and O–H groups in total. The van der Waals surface area contributed by atoms with Crippen molar-refractivity contribution in [2.45, 2.75) is 6.18 Å². The summed E-state index contributed by atoms with van der Waals surface area (Å²) >= 11 is 4.97. The Bertz CT molecular complexity index is 669. The van der Waals surface area contributed by atoms with Gasteiger partial charge in [0.2, 0.25) is 0 Å². The summed E-state index contributed by atoms with van der Waals surface area (Å²) in [6.45, 7) is 0. The molecule has 3 nitrogen and oxygen atoms in total. The van der Waals surface area contributed by atoms with Gasteiger partial charge >= 0.3 is 6.18 Å². The number of hydrogen-bond acceptors (Lipinski definition) is 2. The molecule has 0 spiro atoms. The highest BCUT2D eigenvalue weighted by molar-refractivity contribution is 7.80. The van der Waals surface area contributed by atoms with Gasteiger partial charge in [-0.3, -0.25) is 5.43 Å². The van der Waals surface area contributed by atoms with Gasteiger partial charge in [-0.05, 0) is 36.0 Å². The minimum atomic E-state index is -4.39. The van der Waals surface area contributed by atoms with Crippen molar-refractivity contribution >= 4 is 29.2 Å². The maximum absolute atomic E-state index is 12.6. The Morgan fingerprint density at radius 1 is 1.05 bits per heavy atom. The number of thiocarbonyl (C=S) groups is 1. The van der Waals surface area contributed by atoms with Crippen molar-refractivity contribution < 1.29 is 13.2 Å². The maximum atomic E-state index is 12.6. The molecule has 114 valence electrons. The zero-order valence-electron chi connectivity index (χ0n) is 11.3. The van der Waals surface area contributed by atoms with Crippen LogP contribution in [0.15, 0.2) is 59.7 Å². The van der Waals surface area contributed by atoms with Crippen LogP contribution in [0.3, 0.4) is 0 Å². The fourth-order valence-electron chi connectivity index (χ4n) is 1.64. The summed E-state index contributed by atoms with van der Waals surface area (Å²) in [5.41, 5.74) is 2.91. The van der Waals surface area contributed by atoms with Gasteiger partial charge in [-0.25, -0.2) is 0 Å². The van der Waals surface area contributed by atoms with Gasteiger partial charge in [-0.15, -0.1) is 0 Å². The summed E-state index contributed by atoms with van der Waals surface area (Å²) in [4.78, 5) is 0. The Morgan fingerprint density at radius 3 is 2.45 bits per heavy atom. The van der Waals surface area contributed by atoms with Crippen LogP contribution in [-0.4, -0.2) is 11.3 Å². The predicted molar refractivity (Wildman–Crippen MR) is 84.8 cm³/mol. The first-order valence-corrected chi connectivity index (χ1v) is 6.68. The second-order valence-corrected chi connectivity index (χ2v) is 4.72. The summed E-state index contributed by atoms with van der Waals surface area (Å²) in [6.07, 6.45) is -2.84. The molecule has 0 amide bonds. The molecule has 0 aromatic heterocycles. The average Bonchev–Trinajstić information content (AvgIpc) is 2.48. The SMILES string of the molecule is FC(F)(F)c1cccc(NC(=S)NN=Cc2ccccc2)c1. The number of alkyl halides is 3. The highest BCUT2D eigenvalue weighted by atomic mass is 32.1. The van der Waals surface area contributed by atoms with Crippen LogP contribution in [0.1, 0.15) is 11.1 Å². The molecular formula is C15H12F3N3S. The number of rotatable bonds is 3. The number of nitrogens with zero attached hydrogens (tertiary/aromatic N) is 1. The van der Waals surface area contributed by atoms with E-state index in [-0.39, 0.29) is 10.8 Å². The summed E-state index contributed by atoms with van der Waals surface area (Å²) in [6, 6.07) is 14.1. The molecule has 0 aliphatic carbocycles. The second kappa shape index (κ2) is 7.04. The molecule has 22 heavy (non-hydrogen) atoms. The molecule has 7 heteroatoms. The first kappa shape index (κ1) is 16.0. The number of nitrogens with one attached hydrogen (secondary N) is 2. The Hall–Kier alpha value is -2.41. The lowest BCUT2D eigenvalue weighted by molar-refractivity contribution is -0.137. The lowest BCUT2D eigenvalue weighted by atomic mass is 10.2. The molecule has 2 aromatic carbocycles. The summed E-state index contributed by atoms with van der Waals surface area (Å²) < 4.78 is 37.8. The van der Waals surface area contributed by atoms with Crippen LogP contribution in [0.2, 0.25) is 0 Å². The average molecular weight is 323 g/mol. The smallest absolute Gasteiger partial charge is 0.331 e. The van der Waals surface area contributed by atoms with Gasteiger partial charge in [0, 0.05) is 5.69 Å². The number of hydrazone groups is 1. The highest BCUT2D eigenvalue weighted by Gasteiger charge is 2.30. The maximum Gasteiger partial charge on any atom is 0.416 e. The van der Waals surface area contributed by atoms with Crippen molar-refractivity contribution in [1.82, 2.24) is 5.43 Å². The summed E-state index contributed by atoms with van der Waals surface area (Å²) in [5, 5.41) is 6.66. The normalized spacial score (nSPS) is 11.4. The molecule has 0 saturated carbocycles. The fraction of sp³-hybridized carbons (Fsp3) is 0.0667. The number of benzene rings is 2. The Balaban J connectivity index is 1.94.